The lowest BCUT2D eigenvalue weighted by molar-refractivity contribution is 0.0918. The summed E-state index contributed by atoms with van der Waals surface area (Å²) in [6.45, 7) is 5.96. The number of unbranched alkanes of at least 4 members (excludes halogenated alkanes) is 1. The Morgan fingerprint density at radius 3 is 2.70 bits per heavy atom. The third-order valence-corrected chi connectivity index (χ3v) is 8.80. The van der Waals surface area contributed by atoms with Crippen molar-refractivity contribution < 1.29 is 9.21 Å². The number of carbonyl (C=O) groups is 1. The van der Waals surface area contributed by atoms with Gasteiger partial charge in [-0.1, -0.05) is 19.3 Å². The van der Waals surface area contributed by atoms with Gasteiger partial charge in [0, 0.05) is 60.9 Å². The van der Waals surface area contributed by atoms with Crippen LogP contribution < -0.4 is 10.2 Å². The monoisotopic (exact) mass is 537 g/mol. The number of H-pyrrole nitrogens is 1. The van der Waals surface area contributed by atoms with Crippen molar-refractivity contribution in [1.29, 1.82) is 5.26 Å². The highest BCUT2D eigenvalue weighted by Crippen LogP contribution is 2.27. The van der Waals surface area contributed by atoms with Crippen LogP contribution in [0.5, 0.6) is 0 Å². The molecule has 2 N–H and O–H groups in total. The fourth-order valence-electron chi connectivity index (χ4n) is 6.39. The molecular formula is C33H39N5O2. The van der Waals surface area contributed by atoms with E-state index in [4.69, 9.17) is 4.42 Å². The van der Waals surface area contributed by atoms with Crippen LogP contribution in [0.2, 0.25) is 0 Å². The van der Waals surface area contributed by atoms with E-state index in [1.165, 1.54) is 48.7 Å². The molecule has 0 atom stereocenters. The first kappa shape index (κ1) is 26.5. The van der Waals surface area contributed by atoms with Gasteiger partial charge in [0.1, 0.15) is 5.58 Å². The van der Waals surface area contributed by atoms with Crippen LogP contribution in [0.4, 0.5) is 5.69 Å². The number of benzene rings is 2. The molecule has 1 aliphatic carbocycles. The summed E-state index contributed by atoms with van der Waals surface area (Å²) in [5.41, 5.74) is 5.08. The van der Waals surface area contributed by atoms with E-state index in [0.29, 0.717) is 17.2 Å². The number of carbonyl (C=O) groups excluding carboxylic acids is 1. The quantitative estimate of drug-likeness (QED) is 0.247. The zero-order chi connectivity index (χ0) is 27.3. The Morgan fingerprint density at radius 2 is 1.88 bits per heavy atom. The molecule has 1 amide bonds. The minimum Gasteiger partial charge on any atom is -0.451 e. The van der Waals surface area contributed by atoms with Crippen molar-refractivity contribution in [2.75, 3.05) is 44.2 Å². The smallest absolute Gasteiger partial charge is 0.287 e. The second kappa shape index (κ2) is 12.2. The van der Waals surface area contributed by atoms with Crippen LogP contribution in [-0.2, 0) is 6.42 Å². The van der Waals surface area contributed by atoms with E-state index < -0.39 is 0 Å². The Balaban J connectivity index is 0.963. The van der Waals surface area contributed by atoms with E-state index in [1.54, 1.807) is 0 Å². The highest BCUT2D eigenvalue weighted by atomic mass is 16.3. The number of piperazine rings is 1. The molecule has 2 fully saturated rings. The van der Waals surface area contributed by atoms with Gasteiger partial charge in [-0.3, -0.25) is 9.69 Å². The van der Waals surface area contributed by atoms with Crippen molar-refractivity contribution in [2.45, 2.75) is 51.4 Å². The summed E-state index contributed by atoms with van der Waals surface area (Å²) < 4.78 is 5.89. The molecule has 40 heavy (non-hydrogen) atoms. The van der Waals surface area contributed by atoms with Gasteiger partial charge in [0.05, 0.1) is 11.6 Å². The first-order chi connectivity index (χ1) is 19.7. The molecule has 2 aromatic heterocycles. The Bertz CT molecular complexity index is 1500. The highest BCUT2D eigenvalue weighted by molar-refractivity contribution is 5.96. The van der Waals surface area contributed by atoms with Gasteiger partial charge in [-0.2, -0.15) is 5.26 Å². The lowest BCUT2D eigenvalue weighted by Crippen LogP contribution is -2.46. The summed E-state index contributed by atoms with van der Waals surface area (Å²) in [6, 6.07) is 16.3. The second-order valence-corrected chi connectivity index (χ2v) is 11.5. The van der Waals surface area contributed by atoms with Crippen molar-refractivity contribution in [2.24, 2.45) is 5.92 Å². The van der Waals surface area contributed by atoms with Crippen molar-refractivity contribution in [1.82, 2.24) is 15.2 Å². The molecule has 4 aromatic rings. The Hall–Kier alpha value is -3.76. The zero-order valence-corrected chi connectivity index (χ0v) is 23.3. The van der Waals surface area contributed by atoms with Crippen LogP contribution in [0.25, 0.3) is 21.9 Å². The number of nitrogens with zero attached hydrogens (tertiary/aromatic N) is 3. The summed E-state index contributed by atoms with van der Waals surface area (Å²) in [5.74, 6) is 0.907. The van der Waals surface area contributed by atoms with Crippen molar-refractivity contribution in [3.05, 3.63) is 65.5 Å². The summed E-state index contributed by atoms with van der Waals surface area (Å²) in [4.78, 5) is 21.0. The molecule has 6 rings (SSSR count). The van der Waals surface area contributed by atoms with Gasteiger partial charge in [-0.25, -0.2) is 0 Å². The van der Waals surface area contributed by atoms with Crippen LogP contribution in [0.15, 0.2) is 53.1 Å². The molecule has 208 valence electrons. The van der Waals surface area contributed by atoms with Crippen molar-refractivity contribution in [3.8, 4) is 6.07 Å². The summed E-state index contributed by atoms with van der Waals surface area (Å²) in [7, 11) is 0. The zero-order valence-electron chi connectivity index (χ0n) is 23.3. The lowest BCUT2D eigenvalue weighted by Gasteiger charge is -2.36. The van der Waals surface area contributed by atoms with Gasteiger partial charge < -0.3 is 19.6 Å². The maximum atomic E-state index is 12.7. The average molecular weight is 538 g/mol. The van der Waals surface area contributed by atoms with Gasteiger partial charge in [-0.05, 0) is 92.6 Å². The minimum absolute atomic E-state index is 0.103. The Morgan fingerprint density at radius 1 is 1.02 bits per heavy atom. The molecule has 0 spiro atoms. The molecule has 1 aliphatic heterocycles. The van der Waals surface area contributed by atoms with Crippen molar-refractivity contribution in [3.63, 3.8) is 0 Å². The Labute approximate surface area is 236 Å². The topological polar surface area (TPSA) is 88.3 Å². The molecule has 7 heteroatoms. The van der Waals surface area contributed by atoms with Gasteiger partial charge in [0.25, 0.3) is 5.91 Å². The Kier molecular flexibility index (Phi) is 8.06. The maximum absolute atomic E-state index is 12.7. The van der Waals surface area contributed by atoms with E-state index in [0.717, 1.165) is 75.0 Å². The number of nitrogens with one attached hydrogen (secondary N) is 2. The number of furan rings is 1. The number of anilines is 1. The first-order valence-electron chi connectivity index (χ1n) is 15.0. The molecule has 0 bridgehead atoms. The second-order valence-electron chi connectivity index (χ2n) is 11.5. The van der Waals surface area contributed by atoms with Crippen LogP contribution in [0.3, 0.4) is 0 Å². The van der Waals surface area contributed by atoms with E-state index >= 15 is 0 Å². The molecule has 1 saturated heterocycles. The van der Waals surface area contributed by atoms with Crippen LogP contribution in [0, 0.1) is 17.2 Å². The summed E-state index contributed by atoms with van der Waals surface area (Å²) >= 11 is 0. The number of fused-ring (bicyclic) bond motifs is 2. The number of nitriles is 1. The largest absolute Gasteiger partial charge is 0.451 e. The fraction of sp³-hybridized carbons (Fsp3) is 0.455. The third-order valence-electron chi connectivity index (χ3n) is 8.80. The molecule has 0 radical (unpaired) electrons. The average Bonchev–Trinajstić information content (AvgIpc) is 3.62. The van der Waals surface area contributed by atoms with Crippen LogP contribution >= 0.6 is 0 Å². The molecule has 7 nitrogen and oxygen atoms in total. The number of aryl methyl sites for hydroxylation is 1. The molecule has 3 heterocycles. The third kappa shape index (κ3) is 6.03. The van der Waals surface area contributed by atoms with Gasteiger partial charge in [0.15, 0.2) is 5.76 Å². The molecule has 2 aromatic carbocycles. The first-order valence-corrected chi connectivity index (χ1v) is 15.0. The minimum atomic E-state index is -0.103. The lowest BCUT2D eigenvalue weighted by atomic mass is 9.89. The number of hydrogen-bond acceptors (Lipinski definition) is 5. The van der Waals surface area contributed by atoms with Gasteiger partial charge >= 0.3 is 0 Å². The van der Waals surface area contributed by atoms with E-state index in [1.807, 2.05) is 30.3 Å². The predicted molar refractivity (Wildman–Crippen MR) is 160 cm³/mol. The van der Waals surface area contributed by atoms with Crippen LogP contribution in [0.1, 0.15) is 66.6 Å². The van der Waals surface area contributed by atoms with E-state index in [9.17, 15) is 10.1 Å². The highest BCUT2D eigenvalue weighted by Gasteiger charge is 2.20. The maximum Gasteiger partial charge on any atom is 0.287 e. The van der Waals surface area contributed by atoms with Gasteiger partial charge in [0.2, 0.25) is 0 Å². The molecule has 1 saturated carbocycles. The number of aromatic amines is 1. The van der Waals surface area contributed by atoms with E-state index in [2.05, 4.69) is 44.5 Å². The van der Waals surface area contributed by atoms with Gasteiger partial charge in [-0.15, -0.1) is 0 Å². The number of rotatable bonds is 9. The summed E-state index contributed by atoms with van der Waals surface area (Å²) in [5, 5.41) is 14.5. The predicted octanol–water partition coefficient (Wildman–Crippen LogP) is 6.24. The molecular weight excluding hydrogens is 498 g/mol. The normalized spacial score (nSPS) is 16.9. The SMILES string of the molecule is N#Cc1ccc2[nH]cc(CCCCN3CCN(c4ccc5oc(C(=O)NCC6CCCCC6)cc5c4)CC3)c2c1. The van der Waals surface area contributed by atoms with E-state index in [-0.39, 0.29) is 5.91 Å². The number of aromatic nitrogens is 1. The fourth-order valence-corrected chi connectivity index (χ4v) is 6.39. The molecule has 0 unspecified atom stereocenters. The molecule has 2 aliphatic rings. The summed E-state index contributed by atoms with van der Waals surface area (Å²) in [6.07, 6.45) is 11.7. The standard InChI is InChI=1S/C33H39N5O2/c34-21-25-9-11-30-29(18-25)26(23-35-30)8-4-5-13-37-14-16-38(17-15-37)28-10-12-31-27(19-28)20-32(40-31)33(39)36-22-24-6-2-1-3-7-24/h9-12,18-20,23-24,35H,1-8,13-17,22H2,(H,36,39). The number of hydrogen-bond donors (Lipinski definition) is 2. The van der Waals surface area contributed by atoms with Crippen LogP contribution in [-0.4, -0.2) is 55.1 Å². The van der Waals surface area contributed by atoms with Crippen molar-refractivity contribution >= 4 is 33.5 Å². The number of amides is 1.